The molecule has 0 aromatic rings. The Hall–Kier alpha value is -0.120. The van der Waals surface area contributed by atoms with Gasteiger partial charge in [-0.25, -0.2) is 0 Å². The van der Waals surface area contributed by atoms with Crippen LogP contribution in [0.25, 0.3) is 0 Å². The number of guanidine groups is 1. The molecule has 3 unspecified atom stereocenters. The highest BCUT2D eigenvalue weighted by molar-refractivity contribution is 14.0. The monoisotopic (exact) mass is 466 g/mol. The van der Waals surface area contributed by atoms with Gasteiger partial charge in [0.15, 0.2) is 5.96 Å². The van der Waals surface area contributed by atoms with Gasteiger partial charge in [-0.2, -0.15) is 0 Å². The van der Waals surface area contributed by atoms with Crippen LogP contribution < -0.4 is 5.32 Å². The second-order valence-corrected chi connectivity index (χ2v) is 7.47. The van der Waals surface area contributed by atoms with E-state index in [2.05, 4.69) is 36.1 Å². The van der Waals surface area contributed by atoms with Crippen LogP contribution in [-0.2, 0) is 9.47 Å². The molecule has 0 radical (unpaired) electrons. The quantitative estimate of drug-likeness (QED) is 0.368. The second-order valence-electron chi connectivity index (χ2n) is 7.47. The normalized spacial score (nSPS) is 28.8. The van der Waals surface area contributed by atoms with Gasteiger partial charge in [-0.3, -0.25) is 4.99 Å². The average Bonchev–Trinajstić information content (AvgIpc) is 3.26. The minimum atomic E-state index is 0. The van der Waals surface area contributed by atoms with Crippen molar-refractivity contribution >= 4 is 29.9 Å². The Morgan fingerprint density at radius 3 is 2.56 bits per heavy atom. The number of aliphatic imine (C=N–C) groups is 1. The highest BCUT2D eigenvalue weighted by Crippen LogP contribution is 2.34. The fourth-order valence-corrected chi connectivity index (χ4v) is 3.81. The second kappa shape index (κ2) is 10.3. The molecule has 6 nitrogen and oxygen atoms in total. The standard InChI is InChI=1S/C18H34N4O2.HI/c1-4-19-18(20-12-15(21(2)3)14-7-8-14)22-9-11-24-17(13-22)16-6-5-10-23-16;/h14-17H,4-13H2,1-3H3,(H,19,20);1H. The van der Waals surface area contributed by atoms with E-state index in [4.69, 9.17) is 14.5 Å². The van der Waals surface area contributed by atoms with E-state index in [0.717, 1.165) is 64.1 Å². The molecule has 3 rings (SSSR count). The third kappa shape index (κ3) is 5.94. The van der Waals surface area contributed by atoms with Gasteiger partial charge in [0.2, 0.25) is 0 Å². The Morgan fingerprint density at radius 1 is 1.20 bits per heavy atom. The minimum Gasteiger partial charge on any atom is -0.375 e. The molecule has 3 fully saturated rings. The first-order chi connectivity index (χ1) is 11.7. The van der Waals surface area contributed by atoms with Crippen molar-refractivity contribution in [3.63, 3.8) is 0 Å². The summed E-state index contributed by atoms with van der Waals surface area (Å²) in [6.45, 7) is 7.34. The number of hydrogen-bond acceptors (Lipinski definition) is 4. The molecular weight excluding hydrogens is 431 g/mol. The predicted molar refractivity (Wildman–Crippen MR) is 112 cm³/mol. The number of morpholine rings is 1. The van der Waals surface area contributed by atoms with Crippen molar-refractivity contribution in [3.05, 3.63) is 0 Å². The van der Waals surface area contributed by atoms with Crippen LogP contribution in [0.5, 0.6) is 0 Å². The van der Waals surface area contributed by atoms with Crippen LogP contribution in [0.3, 0.4) is 0 Å². The zero-order valence-electron chi connectivity index (χ0n) is 15.9. The minimum absolute atomic E-state index is 0. The molecule has 0 aromatic carbocycles. The molecule has 146 valence electrons. The molecule has 3 atom stereocenters. The summed E-state index contributed by atoms with van der Waals surface area (Å²) in [5, 5.41) is 3.48. The lowest BCUT2D eigenvalue weighted by molar-refractivity contribution is -0.0817. The van der Waals surface area contributed by atoms with Crippen LogP contribution in [0.1, 0.15) is 32.6 Å². The topological polar surface area (TPSA) is 49.3 Å². The third-order valence-corrected chi connectivity index (χ3v) is 5.37. The summed E-state index contributed by atoms with van der Waals surface area (Å²) in [6.07, 6.45) is 5.43. The van der Waals surface area contributed by atoms with Gasteiger partial charge >= 0.3 is 0 Å². The number of halogens is 1. The summed E-state index contributed by atoms with van der Waals surface area (Å²) in [5.74, 6) is 1.87. The van der Waals surface area contributed by atoms with Gasteiger partial charge < -0.3 is 24.6 Å². The first-order valence-electron chi connectivity index (χ1n) is 9.62. The SMILES string of the molecule is CCNC(=NCC(C1CC1)N(C)C)N1CCOC(C2CCCO2)C1.I. The zero-order chi connectivity index (χ0) is 16.9. The van der Waals surface area contributed by atoms with Gasteiger partial charge in [-0.1, -0.05) is 0 Å². The molecule has 25 heavy (non-hydrogen) atoms. The Labute approximate surface area is 169 Å². The van der Waals surface area contributed by atoms with Crippen molar-refractivity contribution in [2.45, 2.75) is 50.9 Å². The summed E-state index contributed by atoms with van der Waals surface area (Å²) in [7, 11) is 4.35. The lowest BCUT2D eigenvalue weighted by atomic mass is 10.1. The summed E-state index contributed by atoms with van der Waals surface area (Å²) in [5.41, 5.74) is 0. The lowest BCUT2D eigenvalue weighted by Gasteiger charge is -2.37. The van der Waals surface area contributed by atoms with Gasteiger partial charge in [-0.15, -0.1) is 24.0 Å². The van der Waals surface area contributed by atoms with E-state index in [9.17, 15) is 0 Å². The maximum absolute atomic E-state index is 5.97. The summed E-state index contributed by atoms with van der Waals surface area (Å²) in [4.78, 5) is 9.67. The number of rotatable bonds is 6. The number of nitrogens with zero attached hydrogens (tertiary/aromatic N) is 3. The van der Waals surface area contributed by atoms with E-state index in [1.165, 1.54) is 12.8 Å². The highest BCUT2D eigenvalue weighted by atomic mass is 127. The first kappa shape index (κ1) is 21.2. The van der Waals surface area contributed by atoms with Crippen molar-refractivity contribution in [2.24, 2.45) is 10.9 Å². The van der Waals surface area contributed by atoms with Crippen LogP contribution in [0.2, 0.25) is 0 Å². The van der Waals surface area contributed by atoms with Gasteiger partial charge in [0.25, 0.3) is 0 Å². The number of ether oxygens (including phenoxy) is 2. The Morgan fingerprint density at radius 2 is 1.96 bits per heavy atom. The first-order valence-corrected chi connectivity index (χ1v) is 9.62. The average molecular weight is 466 g/mol. The third-order valence-electron chi connectivity index (χ3n) is 5.37. The fourth-order valence-electron chi connectivity index (χ4n) is 3.81. The number of likely N-dealkylation sites (N-methyl/N-ethyl adjacent to an activating group) is 1. The molecule has 2 saturated heterocycles. The molecule has 1 N–H and O–H groups in total. The smallest absolute Gasteiger partial charge is 0.194 e. The Balaban J connectivity index is 0.00000225. The highest BCUT2D eigenvalue weighted by Gasteiger charge is 2.34. The van der Waals surface area contributed by atoms with Crippen molar-refractivity contribution < 1.29 is 9.47 Å². The van der Waals surface area contributed by atoms with Gasteiger partial charge in [0.1, 0.15) is 6.10 Å². The molecule has 0 aromatic heterocycles. The summed E-state index contributed by atoms with van der Waals surface area (Å²) in [6, 6.07) is 0.564. The fraction of sp³-hybridized carbons (Fsp3) is 0.944. The molecule has 2 heterocycles. The number of nitrogens with one attached hydrogen (secondary N) is 1. The van der Waals surface area contributed by atoms with Gasteiger partial charge in [0.05, 0.1) is 19.3 Å². The van der Waals surface area contributed by atoms with Crippen molar-refractivity contribution in [3.8, 4) is 0 Å². The van der Waals surface area contributed by atoms with Crippen LogP contribution >= 0.6 is 24.0 Å². The summed E-state index contributed by atoms with van der Waals surface area (Å²) >= 11 is 0. The maximum atomic E-state index is 5.97. The van der Waals surface area contributed by atoms with Crippen LogP contribution in [-0.4, -0.2) is 87.5 Å². The molecule has 0 spiro atoms. The predicted octanol–water partition coefficient (Wildman–Crippen LogP) is 1.79. The molecule has 0 bridgehead atoms. The molecule has 3 aliphatic rings. The molecule has 0 amide bonds. The molecule has 2 aliphatic heterocycles. The van der Waals surface area contributed by atoms with Crippen LogP contribution in [0.15, 0.2) is 4.99 Å². The van der Waals surface area contributed by atoms with Gasteiger partial charge in [0, 0.05) is 32.3 Å². The molecule has 1 aliphatic carbocycles. The Kier molecular flexibility index (Phi) is 8.71. The zero-order valence-corrected chi connectivity index (χ0v) is 18.3. The van der Waals surface area contributed by atoms with Gasteiger partial charge in [-0.05, 0) is 52.6 Å². The van der Waals surface area contributed by atoms with Crippen molar-refractivity contribution in [2.75, 3.05) is 53.5 Å². The van der Waals surface area contributed by atoms with Crippen LogP contribution in [0.4, 0.5) is 0 Å². The van der Waals surface area contributed by atoms with E-state index >= 15 is 0 Å². The summed E-state index contributed by atoms with van der Waals surface area (Å²) < 4.78 is 11.8. The largest absolute Gasteiger partial charge is 0.375 e. The van der Waals surface area contributed by atoms with Crippen molar-refractivity contribution in [1.82, 2.24) is 15.1 Å². The van der Waals surface area contributed by atoms with Crippen LogP contribution in [0, 0.1) is 5.92 Å². The van der Waals surface area contributed by atoms with E-state index in [-0.39, 0.29) is 36.2 Å². The maximum Gasteiger partial charge on any atom is 0.194 e. The Bertz CT molecular complexity index is 423. The van der Waals surface area contributed by atoms with E-state index in [1.807, 2.05) is 0 Å². The van der Waals surface area contributed by atoms with E-state index < -0.39 is 0 Å². The van der Waals surface area contributed by atoms with E-state index in [0.29, 0.717) is 6.04 Å². The number of hydrogen-bond donors (Lipinski definition) is 1. The van der Waals surface area contributed by atoms with E-state index in [1.54, 1.807) is 0 Å². The molecule has 7 heteroatoms. The molecule has 1 saturated carbocycles. The lowest BCUT2D eigenvalue weighted by Crippen LogP contribution is -2.53. The molecular formula is C18H35IN4O2. The van der Waals surface area contributed by atoms with Crippen molar-refractivity contribution in [1.29, 1.82) is 0 Å².